The SMILES string of the molecule is CC(=O)N1CCC(Nc2cc3c(cn2)C2(CC2)CN(C[C@H](O)CN2CCc4sccc4C2)C3=O)CC1. The van der Waals surface area contributed by atoms with Gasteiger partial charge in [-0.05, 0) is 60.7 Å². The molecule has 0 aromatic carbocycles. The molecule has 3 aliphatic heterocycles. The second-order valence-corrected chi connectivity index (χ2v) is 12.0. The standard InChI is InChI=1S/C27H35N5O3S/c1-18(33)31-9-2-20(3-10-31)29-25-12-22-23(13-28-25)27(6-7-27)17-32(26(22)35)16-21(34)15-30-8-4-24-19(14-30)5-11-36-24/h5,11-13,20-21,34H,2-4,6-10,14-17H2,1H3,(H,28,29)/t21-/m1/s1. The molecule has 2 aromatic rings. The van der Waals surface area contributed by atoms with Crippen LogP contribution < -0.4 is 5.32 Å². The van der Waals surface area contributed by atoms with Gasteiger partial charge in [0, 0.05) is 80.8 Å². The molecule has 9 heteroatoms. The van der Waals surface area contributed by atoms with Gasteiger partial charge in [-0.2, -0.15) is 0 Å². The van der Waals surface area contributed by atoms with E-state index >= 15 is 0 Å². The summed E-state index contributed by atoms with van der Waals surface area (Å²) in [6.45, 7) is 6.56. The Hall–Kier alpha value is -2.49. The molecular formula is C27H35N5O3S. The largest absolute Gasteiger partial charge is 0.390 e. The van der Waals surface area contributed by atoms with E-state index in [9.17, 15) is 14.7 Å². The number of likely N-dealkylation sites (tertiary alicyclic amines) is 1. The van der Waals surface area contributed by atoms with Crippen molar-refractivity contribution in [1.82, 2.24) is 19.7 Å². The van der Waals surface area contributed by atoms with E-state index in [1.165, 1.54) is 10.4 Å². The van der Waals surface area contributed by atoms with Crippen molar-refractivity contribution in [1.29, 1.82) is 0 Å². The van der Waals surface area contributed by atoms with Crippen molar-refractivity contribution < 1.29 is 14.7 Å². The Kier molecular flexibility index (Phi) is 6.25. The van der Waals surface area contributed by atoms with Crippen molar-refractivity contribution in [2.75, 3.05) is 44.6 Å². The summed E-state index contributed by atoms with van der Waals surface area (Å²) in [4.78, 5) is 37.4. The van der Waals surface area contributed by atoms with Crippen molar-refractivity contribution in [3.63, 3.8) is 0 Å². The van der Waals surface area contributed by atoms with E-state index in [4.69, 9.17) is 0 Å². The van der Waals surface area contributed by atoms with Crippen LogP contribution in [-0.4, -0.2) is 88.0 Å². The van der Waals surface area contributed by atoms with Crippen molar-refractivity contribution in [3.8, 4) is 0 Å². The van der Waals surface area contributed by atoms with Gasteiger partial charge in [0.15, 0.2) is 0 Å². The predicted molar refractivity (Wildman–Crippen MR) is 139 cm³/mol. The number of nitrogens with zero attached hydrogens (tertiary/aromatic N) is 4. The van der Waals surface area contributed by atoms with Crippen molar-refractivity contribution >= 4 is 29.0 Å². The van der Waals surface area contributed by atoms with Crippen LogP contribution in [-0.2, 0) is 23.2 Å². The van der Waals surface area contributed by atoms with Gasteiger partial charge in [0.2, 0.25) is 5.91 Å². The van der Waals surface area contributed by atoms with Gasteiger partial charge < -0.3 is 20.2 Å². The quantitative estimate of drug-likeness (QED) is 0.622. The zero-order valence-electron chi connectivity index (χ0n) is 20.9. The molecule has 8 nitrogen and oxygen atoms in total. The average molecular weight is 510 g/mol. The monoisotopic (exact) mass is 509 g/mol. The Morgan fingerprint density at radius 2 is 2.08 bits per heavy atom. The number of fused-ring (bicyclic) bond motifs is 3. The fourth-order valence-electron chi connectivity index (χ4n) is 6.17. The highest BCUT2D eigenvalue weighted by atomic mass is 32.1. The number of rotatable bonds is 6. The van der Waals surface area contributed by atoms with Crippen molar-refractivity contribution in [2.45, 2.75) is 63.1 Å². The third-order valence-corrected chi connectivity index (χ3v) is 9.44. The van der Waals surface area contributed by atoms with E-state index < -0.39 is 6.10 Å². The molecule has 1 atom stereocenters. The number of pyridine rings is 1. The zero-order chi connectivity index (χ0) is 24.9. The maximum Gasteiger partial charge on any atom is 0.254 e. The van der Waals surface area contributed by atoms with Crippen LogP contribution in [0.4, 0.5) is 5.82 Å². The minimum absolute atomic E-state index is 0.00196. The van der Waals surface area contributed by atoms with Gasteiger partial charge in [-0.1, -0.05) is 0 Å². The molecule has 5 heterocycles. The van der Waals surface area contributed by atoms with E-state index in [0.29, 0.717) is 19.6 Å². The van der Waals surface area contributed by atoms with E-state index in [-0.39, 0.29) is 23.3 Å². The maximum absolute atomic E-state index is 13.6. The molecular weight excluding hydrogens is 474 g/mol. The lowest BCUT2D eigenvalue weighted by Crippen LogP contribution is -2.49. The van der Waals surface area contributed by atoms with Gasteiger partial charge in [-0.3, -0.25) is 14.5 Å². The highest BCUT2D eigenvalue weighted by Crippen LogP contribution is 2.52. The Balaban J connectivity index is 1.11. The minimum atomic E-state index is -0.572. The fourth-order valence-corrected chi connectivity index (χ4v) is 7.06. The molecule has 1 saturated heterocycles. The van der Waals surface area contributed by atoms with Crippen molar-refractivity contribution in [3.05, 3.63) is 45.3 Å². The topological polar surface area (TPSA) is 89.0 Å². The number of amides is 2. The second kappa shape index (κ2) is 9.43. The van der Waals surface area contributed by atoms with E-state index in [1.807, 2.05) is 33.4 Å². The number of aliphatic hydroxyl groups is 1. The zero-order valence-corrected chi connectivity index (χ0v) is 21.7. The van der Waals surface area contributed by atoms with Crippen LogP contribution in [0, 0.1) is 0 Å². The predicted octanol–water partition coefficient (Wildman–Crippen LogP) is 2.47. The van der Waals surface area contributed by atoms with Gasteiger partial charge >= 0.3 is 0 Å². The van der Waals surface area contributed by atoms with Gasteiger partial charge in [0.05, 0.1) is 6.10 Å². The number of aliphatic hydroxyl groups excluding tert-OH is 1. The first kappa shape index (κ1) is 23.9. The third kappa shape index (κ3) is 4.64. The summed E-state index contributed by atoms with van der Waals surface area (Å²) in [6, 6.07) is 4.34. The van der Waals surface area contributed by atoms with Gasteiger partial charge in [-0.15, -0.1) is 11.3 Å². The molecule has 1 spiro atoms. The van der Waals surface area contributed by atoms with Crippen LogP contribution in [0.25, 0.3) is 0 Å². The molecule has 192 valence electrons. The Morgan fingerprint density at radius 1 is 1.28 bits per heavy atom. The highest BCUT2D eigenvalue weighted by Gasteiger charge is 2.52. The van der Waals surface area contributed by atoms with E-state index in [1.54, 1.807) is 6.92 Å². The number of thiophene rings is 1. The number of hydrogen-bond donors (Lipinski definition) is 2. The lowest BCUT2D eigenvalue weighted by molar-refractivity contribution is -0.129. The maximum atomic E-state index is 13.6. The molecule has 2 fully saturated rings. The summed E-state index contributed by atoms with van der Waals surface area (Å²) < 4.78 is 0. The van der Waals surface area contributed by atoms with Crippen molar-refractivity contribution in [2.24, 2.45) is 0 Å². The molecule has 1 aliphatic carbocycles. The molecule has 4 aliphatic rings. The van der Waals surface area contributed by atoms with Crippen LogP contribution >= 0.6 is 11.3 Å². The molecule has 0 unspecified atom stereocenters. The molecule has 2 N–H and O–H groups in total. The number of aromatic nitrogens is 1. The van der Waals surface area contributed by atoms with Crippen LogP contribution in [0.3, 0.4) is 0 Å². The molecule has 0 radical (unpaired) electrons. The molecule has 2 aromatic heterocycles. The molecule has 6 rings (SSSR count). The lowest BCUT2D eigenvalue weighted by Gasteiger charge is -2.37. The average Bonchev–Trinajstić information content (AvgIpc) is 3.48. The summed E-state index contributed by atoms with van der Waals surface area (Å²) in [5, 5.41) is 16.6. The van der Waals surface area contributed by atoms with Crippen LogP contribution in [0.2, 0.25) is 0 Å². The van der Waals surface area contributed by atoms with Crippen LogP contribution in [0.1, 0.15) is 59.0 Å². The van der Waals surface area contributed by atoms with Gasteiger partial charge in [0.25, 0.3) is 5.91 Å². The minimum Gasteiger partial charge on any atom is -0.390 e. The summed E-state index contributed by atoms with van der Waals surface area (Å²) in [5.74, 6) is 0.845. The van der Waals surface area contributed by atoms with Crippen LogP contribution in [0.15, 0.2) is 23.7 Å². The highest BCUT2D eigenvalue weighted by molar-refractivity contribution is 7.10. The lowest BCUT2D eigenvalue weighted by atomic mass is 9.87. The van der Waals surface area contributed by atoms with Gasteiger partial charge in [0.1, 0.15) is 5.82 Å². The second-order valence-electron chi connectivity index (χ2n) is 11.0. The molecule has 36 heavy (non-hydrogen) atoms. The van der Waals surface area contributed by atoms with E-state index in [2.05, 4.69) is 26.6 Å². The van der Waals surface area contributed by atoms with Gasteiger partial charge in [-0.25, -0.2) is 4.98 Å². The summed E-state index contributed by atoms with van der Waals surface area (Å²) in [6.07, 6.45) is 6.23. The van der Waals surface area contributed by atoms with Crippen LogP contribution in [0.5, 0.6) is 0 Å². The Bertz CT molecular complexity index is 1150. The number of anilines is 1. The normalized spacial score (nSPS) is 22.3. The third-order valence-electron chi connectivity index (χ3n) is 8.42. The Labute approximate surface area is 216 Å². The molecule has 0 bridgehead atoms. The summed E-state index contributed by atoms with van der Waals surface area (Å²) in [5.41, 5.74) is 3.16. The first-order chi connectivity index (χ1) is 17.4. The number of carbonyl (C=O) groups excluding carboxylic acids is 2. The molecule has 1 saturated carbocycles. The summed E-state index contributed by atoms with van der Waals surface area (Å²) in [7, 11) is 0. The first-order valence-corrected chi connectivity index (χ1v) is 14.1. The summed E-state index contributed by atoms with van der Waals surface area (Å²) >= 11 is 1.82. The van der Waals surface area contributed by atoms with E-state index in [0.717, 1.165) is 75.2 Å². The Morgan fingerprint density at radius 3 is 2.83 bits per heavy atom. The number of β-amino-alcohol motifs (C(OH)–C–C–N with tert-alkyl or cyclic N) is 1. The smallest absolute Gasteiger partial charge is 0.254 e. The first-order valence-electron chi connectivity index (χ1n) is 13.2. The number of nitrogens with one attached hydrogen (secondary N) is 1. The number of piperidine rings is 1. The molecule has 2 amide bonds. The fraction of sp³-hybridized carbons (Fsp3) is 0.593. The number of hydrogen-bond acceptors (Lipinski definition) is 7. The number of carbonyl (C=O) groups is 2.